The molecule has 0 aromatic rings. The molecular formula is C15H26N2O2. The zero-order chi connectivity index (χ0) is 13.8. The van der Waals surface area contributed by atoms with Gasteiger partial charge in [-0.15, -0.1) is 0 Å². The molecule has 0 aromatic carbocycles. The van der Waals surface area contributed by atoms with E-state index in [4.69, 9.17) is 4.74 Å². The quantitative estimate of drug-likeness (QED) is 0.385. The third-order valence-electron chi connectivity index (χ3n) is 3.19. The van der Waals surface area contributed by atoms with Crippen molar-refractivity contribution in [3.05, 3.63) is 0 Å². The summed E-state index contributed by atoms with van der Waals surface area (Å²) in [7, 11) is 0. The van der Waals surface area contributed by atoms with Crippen molar-refractivity contribution < 1.29 is 9.53 Å². The predicted molar refractivity (Wildman–Crippen MR) is 77.1 cm³/mol. The maximum Gasteiger partial charge on any atom is 0.219 e. The Morgan fingerprint density at radius 1 is 1.26 bits per heavy atom. The van der Waals surface area contributed by atoms with E-state index >= 15 is 0 Å². The highest BCUT2D eigenvalue weighted by Crippen LogP contribution is 2.07. The van der Waals surface area contributed by atoms with Gasteiger partial charge in [0.15, 0.2) is 0 Å². The van der Waals surface area contributed by atoms with E-state index < -0.39 is 0 Å². The molecule has 1 fully saturated rings. The minimum atomic E-state index is -0.0477. The molecule has 1 saturated heterocycles. The molecule has 0 aliphatic carbocycles. The highest BCUT2D eigenvalue weighted by Gasteiger charge is 2.08. The Morgan fingerprint density at radius 3 is 2.79 bits per heavy atom. The molecule has 4 heteroatoms. The van der Waals surface area contributed by atoms with Gasteiger partial charge in [-0.3, -0.25) is 4.79 Å². The first-order valence-corrected chi connectivity index (χ1v) is 7.29. The van der Waals surface area contributed by atoms with Gasteiger partial charge in [-0.05, 0) is 51.7 Å². The smallest absolute Gasteiger partial charge is 0.219 e. The standard InChI is InChI=1S/C15H26N2O2/c1-2-7-15(18)14-16-8-6-12-19-13-11-17-9-4-3-5-10-17/h16H,3-6,8-14H2,1H3. The molecule has 0 amide bonds. The summed E-state index contributed by atoms with van der Waals surface area (Å²) in [5.41, 5.74) is 0. The SMILES string of the molecule is CC#CC(=O)CNCCCOCCN1CCCCC1. The summed E-state index contributed by atoms with van der Waals surface area (Å²) in [6, 6.07) is 0. The Bertz CT molecular complexity index is 301. The first-order chi connectivity index (χ1) is 9.33. The van der Waals surface area contributed by atoms with Crippen molar-refractivity contribution in [2.24, 2.45) is 0 Å². The van der Waals surface area contributed by atoms with Crippen molar-refractivity contribution in [2.45, 2.75) is 32.6 Å². The first-order valence-electron chi connectivity index (χ1n) is 7.29. The number of nitrogens with zero attached hydrogens (tertiary/aromatic N) is 1. The Kier molecular flexibility index (Phi) is 9.34. The third-order valence-corrected chi connectivity index (χ3v) is 3.19. The van der Waals surface area contributed by atoms with Gasteiger partial charge in [0.2, 0.25) is 5.78 Å². The molecule has 1 rings (SSSR count). The normalized spacial score (nSPS) is 15.8. The minimum absolute atomic E-state index is 0.0477. The average molecular weight is 266 g/mol. The van der Waals surface area contributed by atoms with Gasteiger partial charge in [-0.2, -0.15) is 0 Å². The predicted octanol–water partition coefficient (Wildman–Crippen LogP) is 1.06. The van der Waals surface area contributed by atoms with E-state index in [1.54, 1.807) is 6.92 Å². The van der Waals surface area contributed by atoms with Gasteiger partial charge in [-0.1, -0.05) is 12.3 Å². The maximum atomic E-state index is 11.1. The molecule has 0 aromatic heterocycles. The van der Waals surface area contributed by atoms with Crippen LogP contribution in [0.3, 0.4) is 0 Å². The number of carbonyl (C=O) groups excluding carboxylic acids is 1. The first kappa shape index (κ1) is 16.2. The molecule has 4 nitrogen and oxygen atoms in total. The number of rotatable bonds is 9. The van der Waals surface area contributed by atoms with Gasteiger partial charge in [0.1, 0.15) is 0 Å². The lowest BCUT2D eigenvalue weighted by atomic mass is 10.1. The molecule has 1 heterocycles. The highest BCUT2D eigenvalue weighted by molar-refractivity contribution is 5.96. The minimum Gasteiger partial charge on any atom is -0.380 e. The van der Waals surface area contributed by atoms with Crippen molar-refractivity contribution in [1.29, 1.82) is 0 Å². The van der Waals surface area contributed by atoms with E-state index in [2.05, 4.69) is 22.1 Å². The van der Waals surface area contributed by atoms with E-state index in [1.165, 1.54) is 32.4 Å². The van der Waals surface area contributed by atoms with Gasteiger partial charge in [0.25, 0.3) is 0 Å². The number of hydrogen-bond donors (Lipinski definition) is 1. The van der Waals surface area contributed by atoms with Crippen LogP contribution in [0.15, 0.2) is 0 Å². The van der Waals surface area contributed by atoms with Crippen LogP contribution < -0.4 is 5.32 Å². The van der Waals surface area contributed by atoms with Gasteiger partial charge in [0, 0.05) is 13.2 Å². The third kappa shape index (κ3) is 8.77. The summed E-state index contributed by atoms with van der Waals surface area (Å²) in [5, 5.41) is 3.07. The van der Waals surface area contributed by atoms with Crippen molar-refractivity contribution in [3.8, 4) is 11.8 Å². The fraction of sp³-hybridized carbons (Fsp3) is 0.800. The van der Waals surface area contributed by atoms with Crippen LogP contribution in [0.4, 0.5) is 0 Å². The van der Waals surface area contributed by atoms with E-state index in [-0.39, 0.29) is 5.78 Å². The van der Waals surface area contributed by atoms with Gasteiger partial charge < -0.3 is 15.0 Å². The summed E-state index contributed by atoms with van der Waals surface area (Å²) in [6.07, 6.45) is 4.98. The number of piperidine rings is 1. The second-order valence-corrected chi connectivity index (χ2v) is 4.84. The molecule has 0 radical (unpaired) electrons. The van der Waals surface area contributed by atoms with Crippen molar-refractivity contribution in [3.63, 3.8) is 0 Å². The molecule has 0 bridgehead atoms. The summed E-state index contributed by atoms with van der Waals surface area (Å²) >= 11 is 0. The lowest BCUT2D eigenvalue weighted by molar-refractivity contribution is -0.113. The van der Waals surface area contributed by atoms with Crippen LogP contribution in [0.5, 0.6) is 0 Å². The number of ketones is 1. The topological polar surface area (TPSA) is 41.6 Å². The number of hydrogen-bond acceptors (Lipinski definition) is 4. The number of Topliss-reactive ketones (excluding diaryl/α,β-unsaturated/α-hetero) is 1. The lowest BCUT2D eigenvalue weighted by Gasteiger charge is -2.26. The highest BCUT2D eigenvalue weighted by atomic mass is 16.5. The van der Waals surface area contributed by atoms with Crippen LogP contribution in [-0.4, -0.2) is 56.6 Å². The van der Waals surface area contributed by atoms with E-state index in [9.17, 15) is 4.79 Å². The Labute approximate surface area is 116 Å². The number of nitrogens with one attached hydrogen (secondary N) is 1. The molecule has 0 saturated carbocycles. The van der Waals surface area contributed by atoms with E-state index in [1.807, 2.05) is 0 Å². The summed E-state index contributed by atoms with van der Waals surface area (Å²) in [4.78, 5) is 13.6. The number of ether oxygens (including phenoxy) is 1. The zero-order valence-electron chi connectivity index (χ0n) is 12.0. The van der Waals surface area contributed by atoms with Crippen LogP contribution in [0, 0.1) is 11.8 Å². The second kappa shape index (κ2) is 11.0. The molecular weight excluding hydrogens is 240 g/mol. The Morgan fingerprint density at radius 2 is 2.05 bits per heavy atom. The molecule has 0 atom stereocenters. The zero-order valence-corrected chi connectivity index (χ0v) is 12.0. The largest absolute Gasteiger partial charge is 0.380 e. The molecule has 0 spiro atoms. The van der Waals surface area contributed by atoms with Crippen molar-refractivity contribution in [2.75, 3.05) is 45.9 Å². The van der Waals surface area contributed by atoms with Gasteiger partial charge in [0.05, 0.1) is 13.2 Å². The van der Waals surface area contributed by atoms with Crippen molar-refractivity contribution >= 4 is 5.78 Å². The Balaban J connectivity index is 1.82. The summed E-state index contributed by atoms with van der Waals surface area (Å²) < 4.78 is 5.60. The second-order valence-electron chi connectivity index (χ2n) is 4.84. The van der Waals surface area contributed by atoms with Gasteiger partial charge >= 0.3 is 0 Å². The number of likely N-dealkylation sites (tertiary alicyclic amines) is 1. The summed E-state index contributed by atoms with van der Waals surface area (Å²) in [6.45, 7) is 7.91. The molecule has 1 N–H and O–H groups in total. The molecule has 108 valence electrons. The Hall–Kier alpha value is -0.890. The van der Waals surface area contributed by atoms with E-state index in [0.29, 0.717) is 6.54 Å². The number of carbonyl (C=O) groups is 1. The van der Waals surface area contributed by atoms with Crippen molar-refractivity contribution in [1.82, 2.24) is 10.2 Å². The average Bonchev–Trinajstić information content (AvgIpc) is 2.43. The van der Waals surface area contributed by atoms with Crippen LogP contribution in [0.1, 0.15) is 32.6 Å². The van der Waals surface area contributed by atoms with E-state index in [0.717, 1.165) is 32.7 Å². The van der Waals surface area contributed by atoms with Crippen LogP contribution in [0.2, 0.25) is 0 Å². The summed E-state index contributed by atoms with van der Waals surface area (Å²) in [5.74, 6) is 5.06. The fourth-order valence-electron chi connectivity index (χ4n) is 2.16. The van der Waals surface area contributed by atoms with Crippen LogP contribution in [0.25, 0.3) is 0 Å². The molecule has 0 unspecified atom stereocenters. The fourth-order valence-corrected chi connectivity index (χ4v) is 2.16. The van der Waals surface area contributed by atoms with Gasteiger partial charge in [-0.25, -0.2) is 0 Å². The maximum absolute atomic E-state index is 11.1. The lowest BCUT2D eigenvalue weighted by Crippen LogP contribution is -2.32. The molecule has 1 aliphatic heterocycles. The molecule has 1 aliphatic rings. The monoisotopic (exact) mass is 266 g/mol. The van der Waals surface area contributed by atoms with Crippen LogP contribution in [-0.2, 0) is 9.53 Å². The molecule has 19 heavy (non-hydrogen) atoms. The van der Waals surface area contributed by atoms with Crippen LogP contribution >= 0.6 is 0 Å².